The Morgan fingerprint density at radius 2 is 1.16 bits per heavy atom. The van der Waals surface area contributed by atoms with Gasteiger partial charge in [0.2, 0.25) is 11.8 Å². The minimum Gasteiger partial charge on any atom is -0.497 e. The number of aliphatic hydroxyl groups excluding tert-OH is 1. The smallest absolute Gasteiger partial charge is 0.416 e. The van der Waals surface area contributed by atoms with E-state index in [1.807, 2.05) is 55.3 Å². The predicted octanol–water partition coefficient (Wildman–Crippen LogP) is 7.81. The SMILES string of the molecule is COc1ccc(C2=CN3C(=O)c4cc(OC)c(OCCCCCOc5cc6c(cc5OC)C(=O)N5CC7(CC7)C[C@H]5C(O)N6C(=O)OCc5ccc(CC(=O)C(C)NC(=O)[C@H](CC(=O)CCOCCOCCOCCOCCOCCOCCOCCOCCNC(=O)CCN6C(=O)C=CC6=O)C(C)C)cc5)cc4CC[C@H]3C2)cc1. The number of carbonyl (C=O) groups is 9. The number of hydrogen-bond acceptors (Lipinski definition) is 24. The van der Waals surface area contributed by atoms with E-state index >= 15 is 0 Å². The topological polar surface area (TPSA) is 340 Å². The van der Waals surface area contributed by atoms with Crippen molar-refractivity contribution >= 4 is 64.4 Å². The maximum atomic E-state index is 14.5. The number of methoxy groups -OCH3 is 3. The lowest BCUT2D eigenvalue weighted by Gasteiger charge is -2.31. The average Bonchev–Trinajstić information content (AvgIpc) is 1.57. The first-order valence-corrected chi connectivity index (χ1v) is 39.9. The number of ketones is 2. The number of fused-ring (bicyclic) bond motifs is 4. The number of nitrogens with one attached hydrogen (secondary N) is 2. The maximum Gasteiger partial charge on any atom is 0.416 e. The second kappa shape index (κ2) is 44.7. The number of aliphatic hydroxyl groups is 1. The molecule has 0 radical (unpaired) electrons. The second-order valence-corrected chi connectivity index (χ2v) is 29.7. The van der Waals surface area contributed by atoms with Crippen LogP contribution in [0.5, 0.6) is 28.7 Å². The minimum absolute atomic E-state index is 0.00418. The van der Waals surface area contributed by atoms with Gasteiger partial charge >= 0.3 is 6.09 Å². The number of rotatable bonds is 52. The molecular weight excluding hydrogens is 1490 g/mol. The number of amides is 7. The highest BCUT2D eigenvalue weighted by Crippen LogP contribution is 2.57. The molecule has 3 N–H and O–H groups in total. The van der Waals surface area contributed by atoms with Crippen LogP contribution in [-0.4, -0.2) is 257 Å². The molecule has 115 heavy (non-hydrogen) atoms. The van der Waals surface area contributed by atoms with Crippen LogP contribution in [0.4, 0.5) is 10.5 Å². The molecule has 626 valence electrons. The quantitative estimate of drug-likeness (QED) is 0.0280. The fraction of sp³-hybridized carbons (Fsp3) is 0.565. The molecule has 5 atom stereocenters. The summed E-state index contributed by atoms with van der Waals surface area (Å²) >= 11 is 0. The number of unbranched alkanes of at least 4 members (excludes halogenated alkanes) is 2. The van der Waals surface area contributed by atoms with Crippen molar-refractivity contribution in [2.75, 3.05) is 165 Å². The summed E-state index contributed by atoms with van der Waals surface area (Å²) < 4.78 is 79.7. The molecule has 0 aromatic heterocycles. The Hall–Kier alpha value is -9.37. The molecule has 5 heterocycles. The van der Waals surface area contributed by atoms with Crippen molar-refractivity contribution in [1.29, 1.82) is 0 Å². The molecule has 5 aliphatic heterocycles. The normalized spacial score (nSPS) is 17.7. The van der Waals surface area contributed by atoms with E-state index in [1.165, 1.54) is 19.3 Å². The first-order chi connectivity index (χ1) is 55.8. The molecule has 7 amide bonds. The van der Waals surface area contributed by atoms with Crippen LogP contribution < -0.4 is 39.2 Å². The first-order valence-electron chi connectivity index (χ1n) is 39.9. The third kappa shape index (κ3) is 25.6. The molecule has 1 spiro atoms. The Labute approximate surface area is 671 Å². The number of benzene rings is 4. The van der Waals surface area contributed by atoms with Crippen LogP contribution in [0.1, 0.15) is 134 Å². The molecule has 1 aliphatic carbocycles. The van der Waals surface area contributed by atoms with Crippen molar-refractivity contribution in [2.24, 2.45) is 17.3 Å². The van der Waals surface area contributed by atoms with E-state index in [2.05, 4.69) is 10.6 Å². The Morgan fingerprint density at radius 3 is 1.72 bits per heavy atom. The molecule has 6 aliphatic rings. The van der Waals surface area contributed by atoms with Crippen LogP contribution in [0.2, 0.25) is 0 Å². The number of nitrogens with zero attached hydrogens (tertiary/aromatic N) is 4. The van der Waals surface area contributed by atoms with Crippen molar-refractivity contribution in [3.63, 3.8) is 0 Å². The summed E-state index contributed by atoms with van der Waals surface area (Å²) in [6.45, 7) is 12.2. The zero-order valence-electron chi connectivity index (χ0n) is 67.0. The third-order valence-electron chi connectivity index (χ3n) is 21.2. The fourth-order valence-electron chi connectivity index (χ4n) is 14.4. The van der Waals surface area contributed by atoms with E-state index in [1.54, 1.807) is 68.5 Å². The Bertz CT molecular complexity index is 3980. The van der Waals surface area contributed by atoms with Crippen molar-refractivity contribution in [3.8, 4) is 28.7 Å². The number of aryl methyl sites for hydroxylation is 1. The monoisotopic (exact) mass is 1600 g/mol. The van der Waals surface area contributed by atoms with Crippen LogP contribution in [0.3, 0.4) is 0 Å². The molecule has 1 saturated heterocycles. The van der Waals surface area contributed by atoms with E-state index in [0.717, 1.165) is 64.4 Å². The van der Waals surface area contributed by atoms with Gasteiger partial charge in [0.15, 0.2) is 35.0 Å². The van der Waals surface area contributed by atoms with Gasteiger partial charge in [-0.05, 0) is 134 Å². The number of carbonyl (C=O) groups excluding carboxylic acids is 9. The Kier molecular flexibility index (Phi) is 34.2. The Balaban J connectivity index is 0.566. The summed E-state index contributed by atoms with van der Waals surface area (Å²) in [5, 5.41) is 17.7. The van der Waals surface area contributed by atoms with Gasteiger partial charge in [0, 0.05) is 87.3 Å². The van der Waals surface area contributed by atoms with Gasteiger partial charge in [0.1, 0.15) is 18.1 Å². The van der Waals surface area contributed by atoms with Crippen molar-refractivity contribution < 1.29 is 115 Å². The highest BCUT2D eigenvalue weighted by molar-refractivity contribution is 6.13. The van der Waals surface area contributed by atoms with Crippen LogP contribution in [0.15, 0.2) is 91.1 Å². The number of anilines is 1. The summed E-state index contributed by atoms with van der Waals surface area (Å²) in [5.41, 5.74) is 5.11. The standard InChI is InChI=1S/C85H112N6O24/c1-57(2)67(49-65(92)23-30-105-32-34-107-36-38-109-40-42-111-44-45-112-43-41-110-39-37-108-35-33-106-31-26-86-77(94)22-27-88-78(95)20-21-79(88)96)80(97)87-58(3)72(93)46-59-10-12-60(13-11-59)55-115-84(101)91-70-52-76(74(104-6)51-69(70)82(99)90-56-85(24-25-85)53-71(90)83(91)100)114-29-9-7-8-28-113-75-48-62-14-17-64-47-63(61-15-18-66(102-4)19-16-61)54-89(64)81(98)68(62)50-73(75)103-5/h10-13,15-16,18-21,48,50-52,54,57-58,64,67,71,83,100H,7-9,14,17,22-47,49,53,55-56H2,1-6H3,(H,86,94)(H,87,97)/t58?,64-,67+,71-,83?/m0/s1. The molecule has 1 saturated carbocycles. The molecule has 30 nitrogen and oxygen atoms in total. The van der Waals surface area contributed by atoms with Crippen LogP contribution in [0, 0.1) is 17.3 Å². The van der Waals surface area contributed by atoms with E-state index in [0.29, 0.717) is 166 Å². The van der Waals surface area contributed by atoms with Crippen LogP contribution >= 0.6 is 0 Å². The van der Waals surface area contributed by atoms with E-state index in [-0.39, 0.29) is 128 Å². The molecular formula is C85H112N6O24. The lowest BCUT2D eigenvalue weighted by Crippen LogP contribution is -2.50. The molecule has 10 rings (SSSR count). The van der Waals surface area contributed by atoms with Crippen molar-refractivity contribution in [3.05, 3.63) is 125 Å². The lowest BCUT2D eigenvalue weighted by atomic mass is 9.88. The summed E-state index contributed by atoms with van der Waals surface area (Å²) in [7, 11) is 4.68. The van der Waals surface area contributed by atoms with E-state index in [4.69, 9.17) is 66.3 Å². The fourth-order valence-corrected chi connectivity index (χ4v) is 14.4. The molecule has 30 heteroatoms. The summed E-state index contributed by atoms with van der Waals surface area (Å²) in [4.78, 5) is 124. The zero-order valence-corrected chi connectivity index (χ0v) is 67.0. The highest BCUT2D eigenvalue weighted by Gasteiger charge is 2.58. The van der Waals surface area contributed by atoms with Gasteiger partial charge in [-0.25, -0.2) is 9.69 Å². The van der Waals surface area contributed by atoms with Gasteiger partial charge in [-0.2, -0.15) is 0 Å². The van der Waals surface area contributed by atoms with Gasteiger partial charge in [0.25, 0.3) is 23.6 Å². The largest absolute Gasteiger partial charge is 0.497 e. The molecule has 2 fully saturated rings. The molecule has 4 aromatic carbocycles. The van der Waals surface area contributed by atoms with Gasteiger partial charge in [-0.15, -0.1) is 0 Å². The molecule has 2 unspecified atom stereocenters. The maximum absolute atomic E-state index is 14.5. The molecule has 4 aromatic rings. The number of hydrogen-bond donors (Lipinski definition) is 3. The number of imide groups is 1. The number of Topliss-reactive ketones (excluding diaryl/α,β-unsaturated/α-hetero) is 2. The third-order valence-corrected chi connectivity index (χ3v) is 21.2. The summed E-state index contributed by atoms with van der Waals surface area (Å²) in [6, 6.07) is 20.2. The molecule has 0 bridgehead atoms. The summed E-state index contributed by atoms with van der Waals surface area (Å²) in [6.07, 6.45) is 8.77. The van der Waals surface area contributed by atoms with E-state index < -0.39 is 48.0 Å². The lowest BCUT2D eigenvalue weighted by molar-refractivity contribution is -0.137. The van der Waals surface area contributed by atoms with Crippen molar-refractivity contribution in [2.45, 2.75) is 135 Å². The second-order valence-electron chi connectivity index (χ2n) is 29.7. The van der Waals surface area contributed by atoms with Gasteiger partial charge < -0.3 is 91.9 Å². The average molecular weight is 1600 g/mol. The highest BCUT2D eigenvalue weighted by atomic mass is 16.6. The number of ether oxygens (including phenoxy) is 14. The van der Waals surface area contributed by atoms with Gasteiger partial charge in [-0.1, -0.05) is 50.2 Å². The zero-order chi connectivity index (χ0) is 81.6. The van der Waals surface area contributed by atoms with Gasteiger partial charge in [-0.3, -0.25) is 43.3 Å². The first kappa shape index (κ1) is 88.0. The van der Waals surface area contributed by atoms with Crippen LogP contribution in [0.25, 0.3) is 5.57 Å². The Morgan fingerprint density at radius 1 is 0.600 bits per heavy atom. The van der Waals surface area contributed by atoms with Crippen LogP contribution in [-0.2, 0) is 90.8 Å². The predicted molar refractivity (Wildman–Crippen MR) is 420 cm³/mol. The summed E-state index contributed by atoms with van der Waals surface area (Å²) in [5.74, 6) is -0.756. The van der Waals surface area contributed by atoms with Crippen molar-refractivity contribution in [1.82, 2.24) is 25.3 Å². The van der Waals surface area contributed by atoms with E-state index in [9.17, 15) is 48.3 Å². The minimum atomic E-state index is -1.44. The van der Waals surface area contributed by atoms with Gasteiger partial charge in [0.05, 0.1) is 164 Å².